The van der Waals surface area contributed by atoms with Crippen LogP contribution < -0.4 is 9.64 Å². The molecule has 0 saturated carbocycles. The van der Waals surface area contributed by atoms with E-state index >= 15 is 0 Å². The molecule has 0 fully saturated rings. The lowest BCUT2D eigenvalue weighted by atomic mass is 9.71. The summed E-state index contributed by atoms with van der Waals surface area (Å²) in [4.78, 5) is 26.2. The summed E-state index contributed by atoms with van der Waals surface area (Å²) < 4.78 is 7.05. The fourth-order valence-electron chi connectivity index (χ4n) is 9.29. The molecule has 5 aromatic carbocycles. The van der Waals surface area contributed by atoms with Gasteiger partial charge >= 0.3 is 0 Å². The largest absolute Gasteiger partial charge is 0.452 e. The lowest BCUT2D eigenvalue weighted by Gasteiger charge is -2.35. The van der Waals surface area contributed by atoms with E-state index in [1.165, 1.54) is 5.56 Å². The number of para-hydroxylation sites is 2. The van der Waals surface area contributed by atoms with E-state index in [1.807, 2.05) is 55.0 Å². The maximum absolute atomic E-state index is 7.05. The molecule has 1 aliphatic heterocycles. The number of nitrogens with zero attached hydrogens (tertiary/aromatic N) is 6. The number of anilines is 3. The van der Waals surface area contributed by atoms with Gasteiger partial charge in [0.25, 0.3) is 0 Å². The first-order chi connectivity index (χ1) is 28.3. The van der Waals surface area contributed by atoms with E-state index in [1.54, 1.807) is 12.4 Å². The molecule has 12 rings (SSSR count). The van der Waals surface area contributed by atoms with Gasteiger partial charge in [-0.05, 0) is 99.6 Å². The summed E-state index contributed by atoms with van der Waals surface area (Å²) in [6, 6.07) is 52.9. The second kappa shape index (κ2) is 12.1. The predicted molar refractivity (Wildman–Crippen MR) is 223 cm³/mol. The molecule has 7 nitrogen and oxygen atoms in total. The van der Waals surface area contributed by atoms with Gasteiger partial charge in [0.2, 0.25) is 0 Å². The smallest absolute Gasteiger partial charge is 0.159 e. The molecule has 0 saturated heterocycles. The van der Waals surface area contributed by atoms with Crippen LogP contribution in [0.3, 0.4) is 0 Å². The first-order valence-electron chi connectivity index (χ1n) is 19.0. The van der Waals surface area contributed by atoms with E-state index in [-0.39, 0.29) is 0 Å². The van der Waals surface area contributed by atoms with E-state index in [2.05, 4.69) is 135 Å². The minimum Gasteiger partial charge on any atom is -0.452 e. The number of rotatable bonds is 4. The summed E-state index contributed by atoms with van der Waals surface area (Å²) in [5, 5.41) is 0. The summed E-state index contributed by atoms with van der Waals surface area (Å²) in [7, 11) is 0. The molecular formula is C50H30N6O. The predicted octanol–water partition coefficient (Wildman–Crippen LogP) is 11.6. The first-order valence-corrected chi connectivity index (χ1v) is 19.0. The van der Waals surface area contributed by atoms with Crippen LogP contribution >= 0.6 is 0 Å². The molecule has 0 N–H and O–H groups in total. The Morgan fingerprint density at radius 2 is 1.21 bits per heavy atom. The molecule has 1 unspecified atom stereocenters. The SMILES string of the molecule is c1cnc(-c2cccc(N3c4ccccc4Oc4c3ccc3c4-c4ccccc4C34c3cccnc3-c3nc(-c5ccccc5-c5ccncc5)ccc34)c2)nc1. The second-order valence-electron chi connectivity index (χ2n) is 14.4. The van der Waals surface area contributed by atoms with Crippen LogP contribution in [0.15, 0.2) is 183 Å². The molecule has 2 aliphatic carbocycles. The molecule has 5 heterocycles. The van der Waals surface area contributed by atoms with Gasteiger partial charge in [0.1, 0.15) is 0 Å². The van der Waals surface area contributed by atoms with Crippen molar-refractivity contribution >= 4 is 17.1 Å². The van der Waals surface area contributed by atoms with Gasteiger partial charge in [0, 0.05) is 53.4 Å². The number of aromatic nitrogens is 5. The van der Waals surface area contributed by atoms with Crippen molar-refractivity contribution in [1.29, 1.82) is 0 Å². The topological polar surface area (TPSA) is 76.9 Å². The molecule has 1 atom stereocenters. The Morgan fingerprint density at radius 3 is 2.11 bits per heavy atom. The van der Waals surface area contributed by atoms with E-state index in [9.17, 15) is 0 Å². The van der Waals surface area contributed by atoms with Crippen molar-refractivity contribution < 1.29 is 4.74 Å². The molecule has 3 aliphatic rings. The van der Waals surface area contributed by atoms with Gasteiger partial charge in [-0.1, -0.05) is 91.0 Å². The van der Waals surface area contributed by atoms with Crippen LogP contribution in [-0.2, 0) is 5.41 Å². The monoisotopic (exact) mass is 730 g/mol. The number of hydrogen-bond acceptors (Lipinski definition) is 7. The standard InChI is InChI=1S/C50H30N6O/c1-2-13-35(34(12-1)31-23-28-51-29-24-31)41-21-19-40-47(55-41)46-39(16-8-25-52-46)50(40)37-15-4-3-14-36(37)45-38(50)20-22-43-48(45)57-44-18-6-5-17-42(44)56(43)33-11-7-10-32(30-33)49-53-26-9-27-54-49/h1-30H. The van der Waals surface area contributed by atoms with Crippen molar-refractivity contribution in [3.63, 3.8) is 0 Å². The van der Waals surface area contributed by atoms with Crippen molar-refractivity contribution in [2.75, 3.05) is 4.90 Å². The Balaban J connectivity index is 1.09. The van der Waals surface area contributed by atoms with Crippen LogP contribution in [0.4, 0.5) is 17.1 Å². The molecule has 0 amide bonds. The Morgan fingerprint density at radius 1 is 0.474 bits per heavy atom. The molecule has 0 radical (unpaired) electrons. The summed E-state index contributed by atoms with van der Waals surface area (Å²) in [6.07, 6.45) is 9.09. The highest BCUT2D eigenvalue weighted by Crippen LogP contribution is 2.66. The third kappa shape index (κ3) is 4.45. The van der Waals surface area contributed by atoms with Gasteiger partial charge < -0.3 is 9.64 Å². The van der Waals surface area contributed by atoms with Crippen molar-refractivity contribution in [2.24, 2.45) is 0 Å². The minimum absolute atomic E-state index is 0.661. The number of hydrogen-bond donors (Lipinski definition) is 0. The third-order valence-corrected chi connectivity index (χ3v) is 11.6. The fraction of sp³-hybridized carbons (Fsp3) is 0.0200. The maximum atomic E-state index is 7.05. The molecule has 266 valence electrons. The van der Waals surface area contributed by atoms with Crippen LogP contribution in [0, 0.1) is 0 Å². The summed E-state index contributed by atoms with van der Waals surface area (Å²) in [5.41, 5.74) is 15.9. The number of fused-ring (bicyclic) bond motifs is 13. The molecular weight excluding hydrogens is 701 g/mol. The normalized spacial score (nSPS) is 15.2. The van der Waals surface area contributed by atoms with Crippen LogP contribution in [0.25, 0.3) is 56.3 Å². The van der Waals surface area contributed by atoms with E-state index in [0.29, 0.717) is 5.82 Å². The Bertz CT molecular complexity index is 3080. The highest BCUT2D eigenvalue weighted by molar-refractivity contribution is 6.00. The Kier molecular flexibility index (Phi) is 6.71. The van der Waals surface area contributed by atoms with Gasteiger partial charge in [-0.2, -0.15) is 0 Å². The Labute approximate surface area is 328 Å². The fourth-order valence-corrected chi connectivity index (χ4v) is 9.29. The van der Waals surface area contributed by atoms with Gasteiger partial charge in [0.15, 0.2) is 17.3 Å². The van der Waals surface area contributed by atoms with Gasteiger partial charge in [-0.15, -0.1) is 0 Å². The van der Waals surface area contributed by atoms with Crippen LogP contribution in [-0.4, -0.2) is 24.9 Å². The van der Waals surface area contributed by atoms with Crippen LogP contribution in [0.1, 0.15) is 22.3 Å². The molecule has 7 heteroatoms. The summed E-state index contributed by atoms with van der Waals surface area (Å²) in [6.45, 7) is 0. The van der Waals surface area contributed by atoms with E-state index in [4.69, 9.17) is 14.7 Å². The number of pyridine rings is 3. The van der Waals surface area contributed by atoms with Crippen molar-refractivity contribution in [1.82, 2.24) is 24.9 Å². The zero-order valence-corrected chi connectivity index (χ0v) is 30.4. The van der Waals surface area contributed by atoms with Crippen molar-refractivity contribution in [3.05, 3.63) is 205 Å². The lowest BCUT2D eigenvalue weighted by Crippen LogP contribution is -2.26. The lowest BCUT2D eigenvalue weighted by molar-refractivity contribution is 0.478. The quantitative estimate of drug-likeness (QED) is 0.178. The highest BCUT2D eigenvalue weighted by atomic mass is 16.5. The van der Waals surface area contributed by atoms with Crippen LogP contribution in [0.5, 0.6) is 11.5 Å². The van der Waals surface area contributed by atoms with E-state index in [0.717, 1.165) is 95.7 Å². The molecule has 4 aromatic heterocycles. The summed E-state index contributed by atoms with van der Waals surface area (Å²) in [5.74, 6) is 2.27. The minimum atomic E-state index is -0.661. The zero-order valence-electron chi connectivity index (χ0n) is 30.4. The van der Waals surface area contributed by atoms with Crippen molar-refractivity contribution in [2.45, 2.75) is 5.41 Å². The molecule has 57 heavy (non-hydrogen) atoms. The zero-order chi connectivity index (χ0) is 37.5. The highest BCUT2D eigenvalue weighted by Gasteiger charge is 2.54. The maximum Gasteiger partial charge on any atom is 0.159 e. The second-order valence-corrected chi connectivity index (χ2v) is 14.4. The molecule has 0 bridgehead atoms. The summed E-state index contributed by atoms with van der Waals surface area (Å²) >= 11 is 0. The average molecular weight is 731 g/mol. The third-order valence-electron chi connectivity index (χ3n) is 11.6. The average Bonchev–Trinajstić information content (AvgIpc) is 3.76. The van der Waals surface area contributed by atoms with Gasteiger partial charge in [-0.25, -0.2) is 15.0 Å². The molecule has 1 spiro atoms. The molecule has 9 aromatic rings. The van der Waals surface area contributed by atoms with Crippen molar-refractivity contribution in [3.8, 4) is 67.8 Å². The van der Waals surface area contributed by atoms with E-state index < -0.39 is 5.41 Å². The number of ether oxygens (including phenoxy) is 1. The Hall–Kier alpha value is -7.77. The van der Waals surface area contributed by atoms with Gasteiger partial charge in [-0.3, -0.25) is 9.97 Å². The van der Waals surface area contributed by atoms with Crippen LogP contribution in [0.2, 0.25) is 0 Å². The van der Waals surface area contributed by atoms with Gasteiger partial charge in [0.05, 0.1) is 33.9 Å². The first kappa shape index (κ1) is 31.6. The number of benzene rings is 5.